The van der Waals surface area contributed by atoms with Gasteiger partial charge in [0.15, 0.2) is 10.7 Å². The second-order valence-corrected chi connectivity index (χ2v) is 10.7. The summed E-state index contributed by atoms with van der Waals surface area (Å²) in [6, 6.07) is 9.88. The molecule has 0 bridgehead atoms. The van der Waals surface area contributed by atoms with Gasteiger partial charge in [-0.05, 0) is 50.1 Å². The zero-order chi connectivity index (χ0) is 26.7. The second-order valence-electron chi connectivity index (χ2n) is 8.43. The number of nitrogens with one attached hydrogen (secondary N) is 1. The summed E-state index contributed by atoms with van der Waals surface area (Å²) in [6.07, 6.45) is 3.58. The highest BCUT2D eigenvalue weighted by molar-refractivity contribution is 7.89. The van der Waals surface area contributed by atoms with Gasteiger partial charge in [-0.3, -0.25) is 14.9 Å². The van der Waals surface area contributed by atoms with Gasteiger partial charge in [0.25, 0.3) is 5.69 Å². The molecule has 3 aromatic rings. The maximum absolute atomic E-state index is 14.0. The van der Waals surface area contributed by atoms with E-state index in [1.165, 1.54) is 53.7 Å². The third-order valence-corrected chi connectivity index (χ3v) is 8.26. The highest BCUT2D eigenvalue weighted by Crippen LogP contribution is 2.31. The van der Waals surface area contributed by atoms with Crippen LogP contribution in [0.1, 0.15) is 29.9 Å². The van der Waals surface area contributed by atoms with Crippen molar-refractivity contribution in [3.63, 3.8) is 0 Å². The summed E-state index contributed by atoms with van der Waals surface area (Å²) in [7, 11) is -4.11. The number of carbonyl (C=O) groups excluding carboxylic acids is 1. The minimum atomic E-state index is -4.11. The molecule has 0 spiro atoms. The summed E-state index contributed by atoms with van der Waals surface area (Å²) in [5, 5.41) is 17.4. The first-order valence-electron chi connectivity index (χ1n) is 11.2. The normalized spacial score (nSPS) is 16.7. The predicted octanol–water partition coefficient (Wildman–Crippen LogP) is 4.89. The predicted molar refractivity (Wildman–Crippen MR) is 135 cm³/mol. The average Bonchev–Trinajstić information content (AvgIpc) is 3.25. The molecule has 2 heterocycles. The lowest BCUT2D eigenvalue weighted by molar-refractivity contribution is -0.384. The first kappa shape index (κ1) is 26.5. The maximum atomic E-state index is 14.0. The Balaban J connectivity index is 1.53. The van der Waals surface area contributed by atoms with E-state index in [-0.39, 0.29) is 51.4 Å². The first-order valence-corrected chi connectivity index (χ1v) is 13.0. The minimum Gasteiger partial charge on any atom is -0.355 e. The van der Waals surface area contributed by atoms with E-state index >= 15 is 0 Å². The van der Waals surface area contributed by atoms with E-state index in [0.29, 0.717) is 12.8 Å². The Bertz CT molecular complexity index is 1490. The number of hydrogen-bond donors (Lipinski definition) is 1. The van der Waals surface area contributed by atoms with Gasteiger partial charge in [0.05, 0.1) is 10.8 Å². The van der Waals surface area contributed by atoms with Crippen LogP contribution in [-0.2, 0) is 14.8 Å². The van der Waals surface area contributed by atoms with Gasteiger partial charge in [0.1, 0.15) is 16.5 Å². The molecule has 1 unspecified atom stereocenters. The number of carbonyl (C=O) groups is 1. The Kier molecular flexibility index (Phi) is 7.71. The van der Waals surface area contributed by atoms with Gasteiger partial charge in [-0.2, -0.15) is 4.31 Å². The molecule has 1 aliphatic rings. The number of benzene rings is 2. The molecular weight excluding hydrogens is 527 g/mol. The lowest BCUT2D eigenvalue weighted by Crippen LogP contribution is -2.43. The number of amides is 1. The van der Waals surface area contributed by atoms with Crippen molar-refractivity contribution in [3.8, 4) is 0 Å². The topological polar surface area (TPSA) is 136 Å². The van der Waals surface area contributed by atoms with Crippen molar-refractivity contribution < 1.29 is 27.0 Å². The fraction of sp³-hybridized carbons (Fsp3) is 0.250. The van der Waals surface area contributed by atoms with Gasteiger partial charge in [-0.15, -0.1) is 0 Å². The quantitative estimate of drug-likeness (QED) is 0.328. The van der Waals surface area contributed by atoms with Crippen LogP contribution in [0.3, 0.4) is 0 Å². The largest absolute Gasteiger partial charge is 0.355 e. The summed E-state index contributed by atoms with van der Waals surface area (Å²) in [5.74, 6) is -1.70. The number of nitro groups is 1. The number of rotatable bonds is 7. The van der Waals surface area contributed by atoms with Crippen molar-refractivity contribution in [3.05, 3.63) is 80.4 Å². The van der Waals surface area contributed by atoms with Crippen LogP contribution in [0.15, 0.2) is 51.9 Å². The fourth-order valence-electron chi connectivity index (χ4n) is 4.05. The number of hydrogen-bond acceptors (Lipinski definition) is 7. The van der Waals surface area contributed by atoms with Gasteiger partial charge in [-0.1, -0.05) is 35.0 Å². The Morgan fingerprint density at radius 3 is 2.78 bits per heavy atom. The number of halogens is 2. The Labute approximate surface area is 216 Å². The number of nitro benzene ring substituents is 1. The summed E-state index contributed by atoms with van der Waals surface area (Å²) < 4.78 is 47.5. The van der Waals surface area contributed by atoms with Crippen LogP contribution >= 0.6 is 11.6 Å². The highest BCUT2D eigenvalue weighted by atomic mass is 35.5. The first-order chi connectivity index (χ1) is 17.6. The van der Waals surface area contributed by atoms with Gasteiger partial charge in [0, 0.05) is 30.4 Å². The third-order valence-electron chi connectivity index (χ3n) is 5.92. The van der Waals surface area contributed by atoms with E-state index in [9.17, 15) is 27.7 Å². The molecular formula is C24H22ClFN4O6S. The molecule has 13 heteroatoms. The Morgan fingerprint density at radius 1 is 1.30 bits per heavy atom. The van der Waals surface area contributed by atoms with Crippen LogP contribution in [0.4, 0.5) is 15.8 Å². The molecule has 4 rings (SSSR count). The van der Waals surface area contributed by atoms with Crippen LogP contribution in [-0.4, -0.2) is 41.8 Å². The number of piperidine rings is 1. The molecule has 1 saturated heterocycles. The van der Waals surface area contributed by atoms with Crippen molar-refractivity contribution in [1.82, 2.24) is 9.46 Å². The van der Waals surface area contributed by atoms with Crippen LogP contribution in [0.2, 0.25) is 5.02 Å². The number of anilines is 1. The number of aromatic nitrogens is 1. The smallest absolute Gasteiger partial charge is 0.289 e. The van der Waals surface area contributed by atoms with Crippen molar-refractivity contribution in [2.24, 2.45) is 5.92 Å². The zero-order valence-electron chi connectivity index (χ0n) is 19.6. The van der Waals surface area contributed by atoms with E-state index in [4.69, 9.17) is 16.1 Å². The third kappa shape index (κ3) is 5.71. The number of nitrogens with zero attached hydrogens (tertiary/aromatic N) is 3. The van der Waals surface area contributed by atoms with E-state index < -0.39 is 32.6 Å². The molecule has 1 fully saturated rings. The molecule has 0 saturated carbocycles. The molecule has 1 N–H and O–H groups in total. The molecule has 1 atom stereocenters. The standard InChI is InChI=1S/C24H22ClFN4O6S/c1-15-23(22(36-28-15)11-8-16-5-2-3-7-20(16)26)37(34,35)29-12-4-6-17(14-29)24(31)27-18-9-10-19(25)21(13-18)30(32)33/h2-3,5,7-11,13,17H,4,6,12,14H2,1H3,(H,27,31)/b11-8+. The SMILES string of the molecule is Cc1noc(/C=C/c2ccccc2F)c1S(=O)(=O)N1CCCC(C(=O)Nc2ccc(Cl)c([N+](=O)[O-])c2)C1. The molecule has 194 valence electrons. The van der Waals surface area contributed by atoms with E-state index in [1.54, 1.807) is 6.07 Å². The summed E-state index contributed by atoms with van der Waals surface area (Å²) in [5.41, 5.74) is 0.202. The van der Waals surface area contributed by atoms with Crippen LogP contribution < -0.4 is 5.32 Å². The summed E-state index contributed by atoms with van der Waals surface area (Å²) in [4.78, 5) is 23.2. The van der Waals surface area contributed by atoms with Crippen LogP contribution in [0, 0.1) is 28.8 Å². The Morgan fingerprint density at radius 2 is 2.05 bits per heavy atom. The maximum Gasteiger partial charge on any atom is 0.289 e. The van der Waals surface area contributed by atoms with Crippen molar-refractivity contribution in [1.29, 1.82) is 0 Å². The molecule has 2 aromatic carbocycles. The van der Waals surface area contributed by atoms with Gasteiger partial charge < -0.3 is 9.84 Å². The van der Waals surface area contributed by atoms with Gasteiger partial charge >= 0.3 is 0 Å². The highest BCUT2D eigenvalue weighted by Gasteiger charge is 2.37. The summed E-state index contributed by atoms with van der Waals surface area (Å²) >= 11 is 5.82. The van der Waals surface area contributed by atoms with Crippen molar-refractivity contribution in [2.75, 3.05) is 18.4 Å². The van der Waals surface area contributed by atoms with Crippen molar-refractivity contribution in [2.45, 2.75) is 24.7 Å². The molecule has 37 heavy (non-hydrogen) atoms. The number of sulfonamides is 1. The molecule has 1 amide bonds. The molecule has 0 radical (unpaired) electrons. The van der Waals surface area contributed by atoms with Gasteiger partial charge in [0.2, 0.25) is 15.9 Å². The molecule has 1 aromatic heterocycles. The molecule has 0 aliphatic carbocycles. The van der Waals surface area contributed by atoms with Crippen molar-refractivity contribution >= 4 is 51.1 Å². The number of aryl methyl sites for hydroxylation is 1. The van der Waals surface area contributed by atoms with Crippen LogP contribution in [0.25, 0.3) is 12.2 Å². The zero-order valence-corrected chi connectivity index (χ0v) is 21.1. The lowest BCUT2D eigenvalue weighted by atomic mass is 9.98. The fourth-order valence-corrected chi connectivity index (χ4v) is 6.01. The Hall–Kier alpha value is -3.61. The summed E-state index contributed by atoms with van der Waals surface area (Å²) in [6.45, 7) is 1.56. The average molecular weight is 549 g/mol. The molecule has 1 aliphatic heterocycles. The van der Waals surface area contributed by atoms with E-state index in [2.05, 4.69) is 10.5 Å². The second kappa shape index (κ2) is 10.8. The van der Waals surface area contributed by atoms with Crippen LogP contribution in [0.5, 0.6) is 0 Å². The van der Waals surface area contributed by atoms with E-state index in [1.807, 2.05) is 0 Å². The molecule has 10 nitrogen and oxygen atoms in total. The van der Waals surface area contributed by atoms with Gasteiger partial charge in [-0.25, -0.2) is 12.8 Å². The minimum absolute atomic E-state index is 0.0548. The lowest BCUT2D eigenvalue weighted by Gasteiger charge is -2.31. The van der Waals surface area contributed by atoms with E-state index in [0.717, 1.165) is 6.07 Å². The monoisotopic (exact) mass is 548 g/mol.